The lowest BCUT2D eigenvalue weighted by Crippen LogP contribution is -2.37. The van der Waals surface area contributed by atoms with E-state index in [0.29, 0.717) is 13.2 Å². The van der Waals surface area contributed by atoms with Gasteiger partial charge >= 0.3 is 6.03 Å². The number of fused-ring (bicyclic) bond motifs is 1. The molecule has 5 heteroatoms. The van der Waals surface area contributed by atoms with Gasteiger partial charge in [0.2, 0.25) is 0 Å². The quantitative estimate of drug-likeness (QED) is 0.907. The number of nitrogens with one attached hydrogen (secondary N) is 2. The highest BCUT2D eigenvalue weighted by Gasteiger charge is 2.13. The number of carbonyl (C=O) groups excluding carboxylic acids is 1. The summed E-state index contributed by atoms with van der Waals surface area (Å²) in [5, 5.41) is 9.99. The summed E-state index contributed by atoms with van der Waals surface area (Å²) < 4.78 is 5.37. The van der Waals surface area contributed by atoms with Crippen molar-refractivity contribution in [2.75, 3.05) is 5.32 Å². The minimum atomic E-state index is -0.170. The second-order valence-electron chi connectivity index (χ2n) is 5.31. The van der Waals surface area contributed by atoms with E-state index in [9.17, 15) is 4.79 Å². The number of hydrogen-bond donors (Lipinski definition) is 2. The summed E-state index contributed by atoms with van der Waals surface area (Å²) in [6, 6.07) is 7.91. The lowest BCUT2D eigenvalue weighted by molar-refractivity contribution is 0.134. The number of urea groups is 1. The fourth-order valence-electron chi connectivity index (χ4n) is 2.45. The molecular formula is C16H18N2O2S. The number of rotatable bonds is 4. The van der Waals surface area contributed by atoms with Gasteiger partial charge in [-0.1, -0.05) is 6.07 Å². The second-order valence-corrected chi connectivity index (χ2v) is 6.09. The summed E-state index contributed by atoms with van der Waals surface area (Å²) in [6.45, 7) is 3.30. The Bertz CT molecular complexity index is 625. The first-order valence-corrected chi connectivity index (χ1v) is 7.93. The molecule has 3 rings (SSSR count). The Morgan fingerprint density at radius 1 is 1.33 bits per heavy atom. The maximum absolute atomic E-state index is 12.0. The van der Waals surface area contributed by atoms with Crippen LogP contribution >= 0.6 is 11.3 Å². The Labute approximate surface area is 128 Å². The molecule has 0 saturated carbocycles. The van der Waals surface area contributed by atoms with Gasteiger partial charge in [-0.2, -0.15) is 11.3 Å². The van der Waals surface area contributed by atoms with Crippen molar-refractivity contribution < 1.29 is 9.53 Å². The van der Waals surface area contributed by atoms with Gasteiger partial charge in [0.1, 0.15) is 0 Å². The third-order valence-corrected chi connectivity index (χ3v) is 4.21. The molecule has 0 unspecified atom stereocenters. The highest BCUT2D eigenvalue weighted by molar-refractivity contribution is 7.07. The minimum absolute atomic E-state index is 0.0948. The third kappa shape index (κ3) is 3.62. The van der Waals surface area contributed by atoms with E-state index in [-0.39, 0.29) is 12.1 Å². The van der Waals surface area contributed by atoms with E-state index in [1.165, 1.54) is 11.1 Å². The van der Waals surface area contributed by atoms with Gasteiger partial charge in [0.05, 0.1) is 13.2 Å². The van der Waals surface area contributed by atoms with Crippen LogP contribution in [-0.4, -0.2) is 12.1 Å². The molecule has 1 atom stereocenters. The van der Waals surface area contributed by atoms with Gasteiger partial charge in [0.15, 0.2) is 0 Å². The Morgan fingerprint density at radius 2 is 2.19 bits per heavy atom. The summed E-state index contributed by atoms with van der Waals surface area (Å²) in [5.74, 6) is 0. The van der Waals surface area contributed by atoms with Crippen molar-refractivity contribution in [3.05, 3.63) is 51.7 Å². The molecule has 0 fully saturated rings. The molecule has 2 heterocycles. The number of ether oxygens (including phenoxy) is 1. The summed E-state index contributed by atoms with van der Waals surface area (Å²) in [4.78, 5) is 12.0. The zero-order chi connectivity index (χ0) is 14.7. The number of anilines is 1. The zero-order valence-corrected chi connectivity index (χ0v) is 12.7. The van der Waals surface area contributed by atoms with Gasteiger partial charge < -0.3 is 15.4 Å². The lowest BCUT2D eigenvalue weighted by Gasteiger charge is -2.14. The van der Waals surface area contributed by atoms with Crippen molar-refractivity contribution in [2.45, 2.75) is 32.6 Å². The van der Waals surface area contributed by atoms with Crippen molar-refractivity contribution in [1.29, 1.82) is 0 Å². The van der Waals surface area contributed by atoms with E-state index in [4.69, 9.17) is 4.74 Å². The summed E-state index contributed by atoms with van der Waals surface area (Å²) in [6.07, 6.45) is 0.842. The SMILES string of the molecule is C[C@@H](Cc1ccsc1)NC(=O)Nc1ccc2c(c1)COC2. The van der Waals surface area contributed by atoms with Crippen LogP contribution in [0.4, 0.5) is 10.5 Å². The molecule has 2 N–H and O–H groups in total. The molecule has 0 saturated heterocycles. The van der Waals surface area contributed by atoms with Crippen molar-refractivity contribution in [2.24, 2.45) is 0 Å². The van der Waals surface area contributed by atoms with E-state index in [2.05, 4.69) is 27.5 Å². The molecule has 2 aromatic rings. The first kappa shape index (κ1) is 14.1. The zero-order valence-electron chi connectivity index (χ0n) is 11.9. The predicted octanol–water partition coefficient (Wildman–Crippen LogP) is 3.53. The number of thiophene rings is 1. The lowest BCUT2D eigenvalue weighted by atomic mass is 10.1. The van der Waals surface area contributed by atoms with Crippen molar-refractivity contribution in [3.63, 3.8) is 0 Å². The molecule has 4 nitrogen and oxygen atoms in total. The average molecular weight is 302 g/mol. The van der Waals surface area contributed by atoms with E-state index in [1.807, 2.05) is 25.1 Å². The van der Waals surface area contributed by atoms with Gasteiger partial charge in [-0.3, -0.25) is 0 Å². The average Bonchev–Trinajstić information content (AvgIpc) is 3.08. The molecule has 21 heavy (non-hydrogen) atoms. The molecular weight excluding hydrogens is 284 g/mol. The number of amides is 2. The minimum Gasteiger partial charge on any atom is -0.372 e. The van der Waals surface area contributed by atoms with Crippen LogP contribution in [0.2, 0.25) is 0 Å². The van der Waals surface area contributed by atoms with Crippen LogP contribution in [-0.2, 0) is 24.4 Å². The van der Waals surface area contributed by atoms with Crippen molar-refractivity contribution >= 4 is 23.1 Å². The fraction of sp³-hybridized carbons (Fsp3) is 0.312. The molecule has 0 aliphatic carbocycles. The molecule has 1 aliphatic heterocycles. The maximum Gasteiger partial charge on any atom is 0.319 e. The summed E-state index contributed by atoms with van der Waals surface area (Å²) >= 11 is 1.67. The molecule has 1 aliphatic rings. The fourth-order valence-corrected chi connectivity index (χ4v) is 3.14. The molecule has 2 amide bonds. The predicted molar refractivity (Wildman–Crippen MR) is 84.6 cm³/mol. The number of hydrogen-bond acceptors (Lipinski definition) is 3. The monoisotopic (exact) mass is 302 g/mol. The second kappa shape index (κ2) is 6.28. The Kier molecular flexibility index (Phi) is 4.22. The molecule has 0 bridgehead atoms. The van der Waals surface area contributed by atoms with Crippen LogP contribution in [0.1, 0.15) is 23.6 Å². The van der Waals surface area contributed by atoms with Gasteiger partial charge in [-0.15, -0.1) is 0 Å². The largest absolute Gasteiger partial charge is 0.372 e. The van der Waals surface area contributed by atoms with E-state index in [1.54, 1.807) is 11.3 Å². The van der Waals surface area contributed by atoms with Gasteiger partial charge in [-0.05, 0) is 59.0 Å². The van der Waals surface area contributed by atoms with E-state index < -0.39 is 0 Å². The third-order valence-electron chi connectivity index (χ3n) is 3.48. The summed E-state index contributed by atoms with van der Waals surface area (Å²) in [5.41, 5.74) is 4.41. The summed E-state index contributed by atoms with van der Waals surface area (Å²) in [7, 11) is 0. The number of carbonyl (C=O) groups is 1. The molecule has 1 aromatic heterocycles. The van der Waals surface area contributed by atoms with Crippen molar-refractivity contribution in [1.82, 2.24) is 5.32 Å². The van der Waals surface area contributed by atoms with E-state index in [0.717, 1.165) is 17.7 Å². The number of benzene rings is 1. The smallest absolute Gasteiger partial charge is 0.319 e. The molecule has 1 aromatic carbocycles. The first-order valence-electron chi connectivity index (χ1n) is 6.99. The van der Waals surface area contributed by atoms with E-state index >= 15 is 0 Å². The maximum atomic E-state index is 12.0. The topological polar surface area (TPSA) is 50.4 Å². The van der Waals surface area contributed by atoms with Crippen LogP contribution in [0.25, 0.3) is 0 Å². The van der Waals surface area contributed by atoms with Crippen LogP contribution in [0.15, 0.2) is 35.0 Å². The Morgan fingerprint density at radius 3 is 3.00 bits per heavy atom. The highest BCUT2D eigenvalue weighted by atomic mass is 32.1. The first-order chi connectivity index (χ1) is 10.2. The van der Waals surface area contributed by atoms with Crippen LogP contribution < -0.4 is 10.6 Å². The van der Waals surface area contributed by atoms with Crippen molar-refractivity contribution in [3.8, 4) is 0 Å². The van der Waals surface area contributed by atoms with Gasteiger partial charge in [0, 0.05) is 11.7 Å². The van der Waals surface area contributed by atoms with Gasteiger partial charge in [-0.25, -0.2) is 4.79 Å². The molecule has 0 spiro atoms. The normalized spacial score (nSPS) is 14.5. The van der Waals surface area contributed by atoms with Crippen LogP contribution in [0, 0.1) is 0 Å². The molecule has 0 radical (unpaired) electrons. The van der Waals surface area contributed by atoms with Crippen LogP contribution in [0.5, 0.6) is 0 Å². The highest BCUT2D eigenvalue weighted by Crippen LogP contribution is 2.23. The van der Waals surface area contributed by atoms with Gasteiger partial charge in [0.25, 0.3) is 0 Å². The molecule has 110 valence electrons. The van der Waals surface area contributed by atoms with Crippen LogP contribution in [0.3, 0.4) is 0 Å². The Balaban J connectivity index is 1.54. The standard InChI is InChI=1S/C16H18N2O2S/c1-11(6-12-4-5-21-10-12)17-16(19)18-15-3-2-13-8-20-9-14(13)7-15/h2-5,7,10-11H,6,8-9H2,1H3,(H2,17,18,19)/t11-/m0/s1. The Hall–Kier alpha value is -1.85.